The summed E-state index contributed by atoms with van der Waals surface area (Å²) in [7, 11) is 0. The molecule has 3 saturated heterocycles. The maximum absolute atomic E-state index is 12.6. The predicted octanol–water partition coefficient (Wildman–Crippen LogP) is -7.83. The largest absolute Gasteiger partial charge is 0.394 e. The van der Waals surface area contributed by atoms with Gasteiger partial charge in [-0.15, -0.1) is 0 Å². The molecule has 6 amide bonds. The van der Waals surface area contributed by atoms with Crippen molar-refractivity contribution in [3.63, 3.8) is 0 Å². The standard InChI is InChI=1S/C35H58N6O19/c1-11(43)36-8-19-25(50)27(52)22(40-15(5)47)33(55-19)58-30-18(39-14(4)46)7-17(38-13(3)45)24(49)32(30)60-35-29(54)31(21(10-42)57-35)59-34-23(41-16(6)48)28(53)26(51)20(56-34)9-37-12(2)44/h17-35,42,49-54H,7-10H2,1-6H3,(H,36,43)(H,37,44)(H,38,45)(H,39,46)(H,40,47)(H,41,48)/t17-,18+,19-,20+,21-,22-,23-,24+,25-,26-,27-,28-,29-,30-,31-,32-,33-,34-,35+/m1/s1. The summed E-state index contributed by atoms with van der Waals surface area (Å²) in [5, 5.41) is 92.5. The van der Waals surface area contributed by atoms with Crippen molar-refractivity contribution in [3.8, 4) is 0 Å². The summed E-state index contributed by atoms with van der Waals surface area (Å²) in [5.74, 6) is -3.54. The molecule has 19 atom stereocenters. The summed E-state index contributed by atoms with van der Waals surface area (Å²) < 4.78 is 36.2. The highest BCUT2D eigenvalue weighted by molar-refractivity contribution is 5.75. The van der Waals surface area contributed by atoms with Gasteiger partial charge in [0.15, 0.2) is 18.9 Å². The van der Waals surface area contributed by atoms with Gasteiger partial charge in [-0.2, -0.15) is 0 Å². The summed E-state index contributed by atoms with van der Waals surface area (Å²) in [5.41, 5.74) is 0. The van der Waals surface area contributed by atoms with Gasteiger partial charge in [0.2, 0.25) is 35.4 Å². The number of hydrogen-bond donors (Lipinski definition) is 13. The summed E-state index contributed by atoms with van der Waals surface area (Å²) in [6.07, 6.45) is -24.6. The Morgan fingerprint density at radius 1 is 0.467 bits per heavy atom. The first-order chi connectivity index (χ1) is 28.1. The van der Waals surface area contributed by atoms with E-state index in [1.165, 1.54) is 27.7 Å². The third kappa shape index (κ3) is 12.2. The number of ether oxygens (including phenoxy) is 6. The molecule has 60 heavy (non-hydrogen) atoms. The van der Waals surface area contributed by atoms with E-state index in [4.69, 9.17) is 28.4 Å². The molecule has 0 spiro atoms. The zero-order valence-electron chi connectivity index (χ0n) is 33.8. The second-order valence-corrected chi connectivity index (χ2v) is 15.2. The molecule has 25 heteroatoms. The van der Waals surface area contributed by atoms with Crippen LogP contribution in [0.3, 0.4) is 0 Å². The Morgan fingerprint density at radius 2 is 0.867 bits per heavy atom. The minimum atomic E-state index is -1.88. The first kappa shape index (κ1) is 49.0. The molecule has 4 aliphatic rings. The lowest BCUT2D eigenvalue weighted by Gasteiger charge is -2.49. The third-order valence-electron chi connectivity index (χ3n) is 10.3. The first-order valence-electron chi connectivity index (χ1n) is 19.3. The number of aliphatic hydroxyl groups excluding tert-OH is 7. The molecule has 0 aromatic carbocycles. The van der Waals surface area contributed by atoms with E-state index in [1.54, 1.807) is 0 Å². The molecule has 25 nitrogen and oxygen atoms in total. The molecule has 1 saturated carbocycles. The Morgan fingerprint density at radius 3 is 1.28 bits per heavy atom. The molecule has 1 aliphatic carbocycles. The van der Waals surface area contributed by atoms with Gasteiger partial charge in [-0.25, -0.2) is 0 Å². The van der Waals surface area contributed by atoms with Crippen molar-refractivity contribution >= 4 is 35.4 Å². The van der Waals surface area contributed by atoms with Crippen LogP contribution >= 0.6 is 0 Å². The molecule has 0 unspecified atom stereocenters. The van der Waals surface area contributed by atoms with Gasteiger partial charge in [0.1, 0.15) is 85.3 Å². The zero-order valence-corrected chi connectivity index (χ0v) is 33.8. The van der Waals surface area contributed by atoms with E-state index < -0.39 is 158 Å². The van der Waals surface area contributed by atoms with Gasteiger partial charge in [0.25, 0.3) is 0 Å². The Kier molecular flexibility index (Phi) is 17.5. The van der Waals surface area contributed by atoms with Crippen LogP contribution in [-0.2, 0) is 57.2 Å². The number of carbonyl (C=O) groups is 6. The number of carbonyl (C=O) groups excluding carboxylic acids is 6. The van der Waals surface area contributed by atoms with E-state index in [0.717, 1.165) is 13.8 Å². The number of hydrogen-bond acceptors (Lipinski definition) is 19. The van der Waals surface area contributed by atoms with E-state index >= 15 is 0 Å². The van der Waals surface area contributed by atoms with Gasteiger partial charge in [-0.3, -0.25) is 28.8 Å². The molecule has 342 valence electrons. The van der Waals surface area contributed by atoms with Crippen LogP contribution in [0.1, 0.15) is 48.0 Å². The highest BCUT2D eigenvalue weighted by Gasteiger charge is 2.56. The second kappa shape index (κ2) is 21.4. The summed E-state index contributed by atoms with van der Waals surface area (Å²) in [4.78, 5) is 72.5. The fraction of sp³-hybridized carbons (Fsp3) is 0.829. The van der Waals surface area contributed by atoms with E-state index in [2.05, 4.69) is 31.9 Å². The quantitative estimate of drug-likeness (QED) is 0.0727. The average molecular weight is 867 g/mol. The monoisotopic (exact) mass is 866 g/mol. The average Bonchev–Trinajstić information content (AvgIpc) is 3.44. The smallest absolute Gasteiger partial charge is 0.217 e. The van der Waals surface area contributed by atoms with Crippen LogP contribution in [0.4, 0.5) is 0 Å². The van der Waals surface area contributed by atoms with Gasteiger partial charge in [-0.1, -0.05) is 0 Å². The van der Waals surface area contributed by atoms with Crippen molar-refractivity contribution in [2.75, 3.05) is 19.7 Å². The van der Waals surface area contributed by atoms with Crippen LogP contribution in [-0.4, -0.2) is 207 Å². The lowest BCUT2D eigenvalue weighted by molar-refractivity contribution is -0.311. The van der Waals surface area contributed by atoms with E-state index in [-0.39, 0.29) is 19.5 Å². The van der Waals surface area contributed by atoms with Crippen LogP contribution in [0.25, 0.3) is 0 Å². The van der Waals surface area contributed by atoms with E-state index in [0.29, 0.717) is 0 Å². The number of rotatable bonds is 15. The van der Waals surface area contributed by atoms with Crippen LogP contribution in [0, 0.1) is 0 Å². The van der Waals surface area contributed by atoms with Crippen LogP contribution in [0.15, 0.2) is 0 Å². The Bertz CT molecular complexity index is 1530. The van der Waals surface area contributed by atoms with E-state index in [1.807, 2.05) is 0 Å². The van der Waals surface area contributed by atoms with Crippen molar-refractivity contribution in [1.82, 2.24) is 31.9 Å². The van der Waals surface area contributed by atoms with Crippen molar-refractivity contribution in [3.05, 3.63) is 0 Å². The molecule has 0 aromatic heterocycles. The van der Waals surface area contributed by atoms with Gasteiger partial charge in [-0.05, 0) is 6.42 Å². The summed E-state index contributed by atoms with van der Waals surface area (Å²) >= 11 is 0. The fourth-order valence-electron chi connectivity index (χ4n) is 7.63. The predicted molar refractivity (Wildman–Crippen MR) is 196 cm³/mol. The minimum absolute atomic E-state index is 0.195. The lowest BCUT2D eigenvalue weighted by atomic mass is 9.83. The highest BCUT2D eigenvalue weighted by atomic mass is 16.8. The normalized spacial score (nSPS) is 40.5. The van der Waals surface area contributed by atoms with Crippen molar-refractivity contribution in [2.45, 2.75) is 164 Å². The van der Waals surface area contributed by atoms with Gasteiger partial charge < -0.3 is 96.1 Å². The molecule has 3 aliphatic heterocycles. The van der Waals surface area contributed by atoms with Crippen LogP contribution in [0.5, 0.6) is 0 Å². The first-order valence-corrected chi connectivity index (χ1v) is 19.3. The molecule has 0 bridgehead atoms. The molecule has 3 heterocycles. The Hall–Kier alpha value is -3.70. The maximum atomic E-state index is 12.6. The third-order valence-corrected chi connectivity index (χ3v) is 10.3. The topological polar surface area (TPSA) is 372 Å². The Balaban J connectivity index is 1.69. The zero-order chi connectivity index (χ0) is 44.7. The summed E-state index contributed by atoms with van der Waals surface area (Å²) in [6, 6.07) is -5.25. The minimum Gasteiger partial charge on any atom is -0.394 e. The summed E-state index contributed by atoms with van der Waals surface area (Å²) in [6.45, 7) is 5.52. The lowest BCUT2D eigenvalue weighted by Crippen LogP contribution is -2.70. The van der Waals surface area contributed by atoms with Crippen LogP contribution < -0.4 is 31.9 Å². The molecule has 4 rings (SSSR count). The SMILES string of the molecule is CC(=O)NC[C@@H]1O[C@H](O[C@H]2[C@@H](O)[C@H](O[C@@H]3[C@@H](O)[C@H](NC(C)=O)C[C@H](NC(C)=O)[C@H]3O[C@H]3O[C@H](CNC(C)=O)[C@@H](O)[C@H](O)[C@H]3NC(C)=O)O[C@@H]2CO)[C@H](NC(C)=O)[C@@H](O)[C@@H]1O. The second-order valence-electron chi connectivity index (χ2n) is 15.2. The maximum Gasteiger partial charge on any atom is 0.217 e. The molecular weight excluding hydrogens is 808 g/mol. The van der Waals surface area contributed by atoms with Crippen molar-refractivity contribution in [1.29, 1.82) is 0 Å². The van der Waals surface area contributed by atoms with Crippen LogP contribution in [0.2, 0.25) is 0 Å². The molecule has 13 N–H and O–H groups in total. The highest BCUT2D eigenvalue weighted by Crippen LogP contribution is 2.35. The molecular formula is C35H58N6O19. The van der Waals surface area contributed by atoms with Gasteiger partial charge >= 0.3 is 0 Å². The molecule has 4 fully saturated rings. The van der Waals surface area contributed by atoms with Gasteiger partial charge in [0, 0.05) is 54.6 Å². The molecule has 0 radical (unpaired) electrons. The van der Waals surface area contributed by atoms with Gasteiger partial charge in [0.05, 0.1) is 18.7 Å². The number of amides is 6. The van der Waals surface area contributed by atoms with Crippen molar-refractivity contribution < 1.29 is 92.9 Å². The molecule has 0 aromatic rings. The van der Waals surface area contributed by atoms with Crippen molar-refractivity contribution in [2.24, 2.45) is 0 Å². The number of aliphatic hydroxyl groups is 7. The number of nitrogens with one attached hydrogen (secondary N) is 6. The fourth-order valence-corrected chi connectivity index (χ4v) is 7.63. The Labute approximate surface area is 344 Å². The van der Waals surface area contributed by atoms with E-state index in [9.17, 15) is 64.5 Å².